The molecule has 0 aromatic heterocycles. The zero-order valence-corrected chi connectivity index (χ0v) is 11.9. The first-order valence-corrected chi connectivity index (χ1v) is 8.12. The van der Waals surface area contributed by atoms with Gasteiger partial charge in [0.05, 0.1) is 5.75 Å². The van der Waals surface area contributed by atoms with E-state index in [-0.39, 0.29) is 17.8 Å². The van der Waals surface area contributed by atoms with E-state index < -0.39 is 10.0 Å². The fourth-order valence-electron chi connectivity index (χ4n) is 1.94. The van der Waals surface area contributed by atoms with Crippen molar-refractivity contribution in [3.63, 3.8) is 0 Å². The Kier molecular flexibility index (Phi) is 5.87. The smallest absolute Gasteiger partial charge is 0.315 e. The number of amides is 2. The van der Waals surface area contributed by atoms with Crippen LogP contribution in [-0.4, -0.2) is 50.2 Å². The van der Waals surface area contributed by atoms with E-state index in [2.05, 4.69) is 10.6 Å². The molecule has 0 saturated carbocycles. The number of sulfonamides is 1. The molecular weight excluding hydrogens is 254 g/mol. The van der Waals surface area contributed by atoms with Gasteiger partial charge in [0.1, 0.15) is 0 Å². The van der Waals surface area contributed by atoms with Crippen LogP contribution in [0.25, 0.3) is 0 Å². The number of hydrogen-bond donors (Lipinski definition) is 2. The van der Waals surface area contributed by atoms with Gasteiger partial charge in [-0.25, -0.2) is 17.5 Å². The van der Waals surface area contributed by atoms with Crippen LogP contribution in [0, 0.1) is 0 Å². The zero-order valence-electron chi connectivity index (χ0n) is 11.1. The summed E-state index contributed by atoms with van der Waals surface area (Å²) in [4.78, 5) is 11.5. The van der Waals surface area contributed by atoms with Crippen molar-refractivity contribution in [2.75, 3.05) is 25.4 Å². The highest BCUT2D eigenvalue weighted by atomic mass is 32.2. The van der Waals surface area contributed by atoms with Crippen LogP contribution in [0.1, 0.15) is 33.1 Å². The van der Waals surface area contributed by atoms with E-state index >= 15 is 0 Å². The average molecular weight is 277 g/mol. The minimum absolute atomic E-state index is 0.0742. The molecule has 0 radical (unpaired) electrons. The van der Waals surface area contributed by atoms with Crippen LogP contribution in [0.5, 0.6) is 0 Å². The Bertz CT molecular complexity index is 362. The van der Waals surface area contributed by atoms with Gasteiger partial charge in [0, 0.05) is 25.7 Å². The van der Waals surface area contributed by atoms with E-state index in [9.17, 15) is 13.2 Å². The van der Waals surface area contributed by atoms with Crippen molar-refractivity contribution < 1.29 is 13.2 Å². The average Bonchev–Trinajstić information content (AvgIpc) is 2.37. The Morgan fingerprint density at radius 1 is 1.28 bits per heavy atom. The molecule has 1 saturated heterocycles. The summed E-state index contributed by atoms with van der Waals surface area (Å²) >= 11 is 0. The molecule has 18 heavy (non-hydrogen) atoms. The Balaban J connectivity index is 2.34. The van der Waals surface area contributed by atoms with Gasteiger partial charge >= 0.3 is 6.03 Å². The monoisotopic (exact) mass is 277 g/mol. The van der Waals surface area contributed by atoms with Gasteiger partial charge in [-0.1, -0.05) is 6.92 Å². The fraction of sp³-hybridized carbons (Fsp3) is 0.909. The number of urea groups is 1. The Morgan fingerprint density at radius 2 is 1.89 bits per heavy atom. The van der Waals surface area contributed by atoms with Crippen LogP contribution in [0.15, 0.2) is 0 Å². The van der Waals surface area contributed by atoms with E-state index in [0.717, 1.165) is 6.42 Å². The zero-order chi connectivity index (χ0) is 13.6. The summed E-state index contributed by atoms with van der Waals surface area (Å²) in [5, 5.41) is 5.62. The molecular formula is C11H23N3O3S. The van der Waals surface area contributed by atoms with Crippen LogP contribution >= 0.6 is 0 Å². The molecule has 0 aliphatic carbocycles. The Morgan fingerprint density at radius 3 is 2.39 bits per heavy atom. The molecule has 1 heterocycles. The molecule has 2 N–H and O–H groups in total. The van der Waals surface area contributed by atoms with Crippen molar-refractivity contribution in [2.24, 2.45) is 0 Å². The van der Waals surface area contributed by atoms with Crippen LogP contribution in [-0.2, 0) is 10.0 Å². The summed E-state index contributed by atoms with van der Waals surface area (Å²) in [6, 6.07) is -0.0844. The molecule has 106 valence electrons. The molecule has 1 aliphatic heterocycles. The van der Waals surface area contributed by atoms with Gasteiger partial charge in [0.25, 0.3) is 0 Å². The number of piperidine rings is 1. The number of nitrogens with zero attached hydrogens (tertiary/aromatic N) is 1. The minimum atomic E-state index is -3.08. The lowest BCUT2D eigenvalue weighted by molar-refractivity contribution is 0.227. The summed E-state index contributed by atoms with van der Waals surface area (Å²) in [5.41, 5.74) is 0. The maximum Gasteiger partial charge on any atom is 0.315 e. The summed E-state index contributed by atoms with van der Waals surface area (Å²) in [7, 11) is -3.08. The summed E-state index contributed by atoms with van der Waals surface area (Å²) in [6.45, 7) is 5.30. The Hall–Kier alpha value is -0.820. The molecule has 1 rings (SSSR count). The van der Waals surface area contributed by atoms with Gasteiger partial charge in [-0.2, -0.15) is 0 Å². The second kappa shape index (κ2) is 6.94. The fourth-order valence-corrected chi connectivity index (χ4v) is 3.07. The molecule has 0 unspecified atom stereocenters. The van der Waals surface area contributed by atoms with Gasteiger partial charge in [-0.3, -0.25) is 0 Å². The van der Waals surface area contributed by atoms with Crippen LogP contribution in [0.4, 0.5) is 4.79 Å². The highest BCUT2D eigenvalue weighted by Gasteiger charge is 2.27. The molecule has 7 heteroatoms. The lowest BCUT2D eigenvalue weighted by atomic mass is 10.1. The van der Waals surface area contributed by atoms with E-state index in [4.69, 9.17) is 0 Å². The number of nitrogens with one attached hydrogen (secondary N) is 2. The maximum atomic E-state index is 11.7. The van der Waals surface area contributed by atoms with E-state index in [1.807, 2.05) is 6.92 Å². The van der Waals surface area contributed by atoms with Crippen LogP contribution < -0.4 is 10.6 Å². The summed E-state index contributed by atoms with van der Waals surface area (Å²) in [5.74, 6) is 0.141. The molecule has 1 aliphatic rings. The Labute approximate surface area is 109 Å². The number of hydrogen-bond acceptors (Lipinski definition) is 3. The molecule has 2 amide bonds. The quantitative estimate of drug-likeness (QED) is 0.768. The third-order valence-corrected chi connectivity index (χ3v) is 4.96. The van der Waals surface area contributed by atoms with E-state index in [1.165, 1.54) is 4.31 Å². The first-order chi connectivity index (χ1) is 8.49. The second-order valence-electron chi connectivity index (χ2n) is 4.47. The minimum Gasteiger partial charge on any atom is -0.338 e. The highest BCUT2D eigenvalue weighted by Crippen LogP contribution is 2.14. The molecule has 0 atom stereocenters. The number of carbonyl (C=O) groups excluding carboxylic acids is 1. The normalized spacial score (nSPS) is 18.6. The predicted molar refractivity (Wildman–Crippen MR) is 70.9 cm³/mol. The van der Waals surface area contributed by atoms with Gasteiger partial charge < -0.3 is 10.6 Å². The summed E-state index contributed by atoms with van der Waals surface area (Å²) in [6.07, 6.45) is 2.26. The molecule has 0 spiro atoms. The lowest BCUT2D eigenvalue weighted by Crippen LogP contribution is -2.49. The van der Waals surface area contributed by atoms with Crippen molar-refractivity contribution in [1.29, 1.82) is 0 Å². The number of rotatable bonds is 5. The van der Waals surface area contributed by atoms with Gasteiger partial charge in [-0.05, 0) is 26.2 Å². The SMILES string of the molecule is CCCNC(=O)NC1CCN(S(=O)(=O)CC)CC1. The second-order valence-corrected chi connectivity index (χ2v) is 6.73. The van der Waals surface area contributed by atoms with Crippen molar-refractivity contribution >= 4 is 16.1 Å². The predicted octanol–water partition coefficient (Wildman–Crippen LogP) is 0.510. The molecule has 0 aromatic rings. The van der Waals surface area contributed by atoms with Gasteiger partial charge in [0.2, 0.25) is 10.0 Å². The number of carbonyl (C=O) groups is 1. The van der Waals surface area contributed by atoms with Crippen LogP contribution in [0.2, 0.25) is 0 Å². The third-order valence-electron chi connectivity index (χ3n) is 3.08. The van der Waals surface area contributed by atoms with E-state index in [1.54, 1.807) is 6.92 Å². The van der Waals surface area contributed by atoms with Crippen LogP contribution in [0.3, 0.4) is 0 Å². The molecule has 1 fully saturated rings. The first kappa shape index (κ1) is 15.2. The van der Waals surface area contributed by atoms with Crippen molar-refractivity contribution in [3.8, 4) is 0 Å². The maximum absolute atomic E-state index is 11.7. The molecule has 6 nitrogen and oxygen atoms in total. The largest absolute Gasteiger partial charge is 0.338 e. The van der Waals surface area contributed by atoms with Crippen molar-refractivity contribution in [3.05, 3.63) is 0 Å². The lowest BCUT2D eigenvalue weighted by Gasteiger charge is -2.31. The third kappa shape index (κ3) is 4.45. The van der Waals surface area contributed by atoms with Crippen molar-refractivity contribution in [2.45, 2.75) is 39.2 Å². The summed E-state index contributed by atoms with van der Waals surface area (Å²) < 4.78 is 24.8. The van der Waals surface area contributed by atoms with Gasteiger partial charge in [0.15, 0.2) is 0 Å². The first-order valence-electron chi connectivity index (χ1n) is 6.51. The standard InChI is InChI=1S/C11H23N3O3S/c1-3-7-12-11(15)13-10-5-8-14(9-6-10)18(16,17)4-2/h10H,3-9H2,1-2H3,(H2,12,13,15). The van der Waals surface area contributed by atoms with Crippen molar-refractivity contribution in [1.82, 2.24) is 14.9 Å². The molecule has 0 bridgehead atoms. The molecule has 0 aromatic carbocycles. The highest BCUT2D eigenvalue weighted by molar-refractivity contribution is 7.89. The topological polar surface area (TPSA) is 78.5 Å². The van der Waals surface area contributed by atoms with E-state index in [0.29, 0.717) is 32.5 Å². The van der Waals surface area contributed by atoms with Gasteiger partial charge in [-0.15, -0.1) is 0 Å².